The molecule has 2 N–H and O–H groups in total. The zero-order valence-corrected chi connectivity index (χ0v) is 11.1. The SMILES string of the molecule is CC(C)N(CC(F)(F)F)c1nc2ccccc2nc1N. The molecule has 0 aliphatic rings. The van der Waals surface area contributed by atoms with Crippen molar-refractivity contribution in [2.24, 2.45) is 0 Å². The Balaban J connectivity index is 2.50. The maximum Gasteiger partial charge on any atom is 0.405 e. The molecule has 0 aliphatic heterocycles. The predicted octanol–water partition coefficient (Wildman–Crippen LogP) is 2.99. The average Bonchev–Trinajstić information content (AvgIpc) is 2.34. The molecular formula is C13H15F3N4. The molecule has 2 rings (SSSR count). The first-order valence-electron chi connectivity index (χ1n) is 6.13. The minimum Gasteiger partial charge on any atom is -0.381 e. The lowest BCUT2D eigenvalue weighted by molar-refractivity contribution is -0.120. The number of rotatable bonds is 3. The maximum atomic E-state index is 12.7. The number of halogens is 3. The number of benzene rings is 1. The van der Waals surface area contributed by atoms with Crippen LogP contribution in [0.5, 0.6) is 0 Å². The van der Waals surface area contributed by atoms with Crippen molar-refractivity contribution in [3.05, 3.63) is 24.3 Å². The van der Waals surface area contributed by atoms with E-state index in [-0.39, 0.29) is 11.6 Å². The van der Waals surface area contributed by atoms with Gasteiger partial charge in [0.05, 0.1) is 11.0 Å². The van der Waals surface area contributed by atoms with Crippen molar-refractivity contribution < 1.29 is 13.2 Å². The van der Waals surface area contributed by atoms with Crippen LogP contribution in [0, 0.1) is 0 Å². The van der Waals surface area contributed by atoms with Crippen LogP contribution >= 0.6 is 0 Å². The molecule has 1 heterocycles. The molecular weight excluding hydrogens is 269 g/mol. The Morgan fingerprint density at radius 3 is 2.20 bits per heavy atom. The number of hydrogen-bond donors (Lipinski definition) is 1. The molecule has 0 bridgehead atoms. The van der Waals surface area contributed by atoms with E-state index in [1.54, 1.807) is 38.1 Å². The Morgan fingerprint density at radius 2 is 1.70 bits per heavy atom. The molecule has 4 nitrogen and oxygen atoms in total. The topological polar surface area (TPSA) is 55.0 Å². The standard InChI is InChI=1S/C13H15F3N4/c1-8(2)20(7-13(14,15)16)12-11(17)18-9-5-3-4-6-10(9)19-12/h3-6,8H,7H2,1-2H3,(H2,17,18). The summed E-state index contributed by atoms with van der Waals surface area (Å²) < 4.78 is 38.0. The van der Waals surface area contributed by atoms with E-state index in [0.717, 1.165) is 4.90 Å². The highest BCUT2D eigenvalue weighted by molar-refractivity contribution is 5.79. The van der Waals surface area contributed by atoms with E-state index in [0.29, 0.717) is 11.0 Å². The summed E-state index contributed by atoms with van der Waals surface area (Å²) in [7, 11) is 0. The zero-order valence-electron chi connectivity index (χ0n) is 11.1. The highest BCUT2D eigenvalue weighted by Crippen LogP contribution is 2.27. The summed E-state index contributed by atoms with van der Waals surface area (Å²) in [4.78, 5) is 9.44. The van der Waals surface area contributed by atoms with Gasteiger partial charge in [-0.05, 0) is 26.0 Å². The lowest BCUT2D eigenvalue weighted by Gasteiger charge is -2.29. The van der Waals surface area contributed by atoms with Crippen LogP contribution in [0.25, 0.3) is 11.0 Å². The van der Waals surface area contributed by atoms with Gasteiger partial charge in [0.25, 0.3) is 0 Å². The number of nitrogens with zero attached hydrogens (tertiary/aromatic N) is 3. The van der Waals surface area contributed by atoms with Gasteiger partial charge in [-0.3, -0.25) is 0 Å². The van der Waals surface area contributed by atoms with Gasteiger partial charge >= 0.3 is 6.18 Å². The molecule has 2 aromatic rings. The van der Waals surface area contributed by atoms with Crippen LogP contribution in [0.1, 0.15) is 13.8 Å². The number of nitrogen functional groups attached to an aromatic ring is 1. The van der Waals surface area contributed by atoms with E-state index in [2.05, 4.69) is 9.97 Å². The van der Waals surface area contributed by atoms with Crippen molar-refractivity contribution in [1.29, 1.82) is 0 Å². The highest BCUT2D eigenvalue weighted by Gasteiger charge is 2.33. The summed E-state index contributed by atoms with van der Waals surface area (Å²) in [6, 6.07) is 6.53. The number of fused-ring (bicyclic) bond motifs is 1. The van der Waals surface area contributed by atoms with Crippen LogP contribution in [-0.2, 0) is 0 Å². The Kier molecular flexibility index (Phi) is 3.69. The quantitative estimate of drug-likeness (QED) is 0.941. The molecule has 1 aromatic heterocycles. The summed E-state index contributed by atoms with van der Waals surface area (Å²) in [6.07, 6.45) is -4.33. The second-order valence-electron chi connectivity index (χ2n) is 4.76. The summed E-state index contributed by atoms with van der Waals surface area (Å²) in [6.45, 7) is 2.20. The molecule has 0 radical (unpaired) electrons. The summed E-state index contributed by atoms with van der Waals surface area (Å²) >= 11 is 0. The average molecular weight is 284 g/mol. The third kappa shape index (κ3) is 3.09. The van der Waals surface area contributed by atoms with Gasteiger partial charge < -0.3 is 10.6 Å². The minimum atomic E-state index is -4.33. The second kappa shape index (κ2) is 5.15. The van der Waals surface area contributed by atoms with Gasteiger partial charge in [0.1, 0.15) is 6.54 Å². The van der Waals surface area contributed by atoms with Gasteiger partial charge in [-0.1, -0.05) is 12.1 Å². The highest BCUT2D eigenvalue weighted by atomic mass is 19.4. The van der Waals surface area contributed by atoms with Gasteiger partial charge in [0.15, 0.2) is 11.6 Å². The van der Waals surface area contributed by atoms with Crippen LogP contribution in [0.2, 0.25) is 0 Å². The van der Waals surface area contributed by atoms with E-state index >= 15 is 0 Å². The van der Waals surface area contributed by atoms with Crippen LogP contribution in [0.4, 0.5) is 24.8 Å². The summed E-state index contributed by atoms with van der Waals surface area (Å²) in [5.74, 6) is 0.0673. The third-order valence-corrected chi connectivity index (χ3v) is 2.82. The van der Waals surface area contributed by atoms with Gasteiger partial charge in [0, 0.05) is 6.04 Å². The molecule has 7 heteroatoms. The molecule has 0 aliphatic carbocycles. The second-order valence-corrected chi connectivity index (χ2v) is 4.76. The first-order chi connectivity index (χ1) is 9.28. The van der Waals surface area contributed by atoms with E-state index in [1.165, 1.54) is 0 Å². The summed E-state index contributed by atoms with van der Waals surface area (Å²) in [5, 5.41) is 0. The van der Waals surface area contributed by atoms with Crippen molar-refractivity contribution in [3.63, 3.8) is 0 Å². The molecule has 1 aromatic carbocycles. The van der Waals surface area contributed by atoms with Gasteiger partial charge in [-0.2, -0.15) is 13.2 Å². The van der Waals surface area contributed by atoms with Gasteiger partial charge in [-0.25, -0.2) is 9.97 Å². The number of anilines is 2. The van der Waals surface area contributed by atoms with E-state index < -0.39 is 18.8 Å². The number of alkyl halides is 3. The molecule has 20 heavy (non-hydrogen) atoms. The van der Waals surface area contributed by atoms with E-state index in [9.17, 15) is 13.2 Å². The molecule has 108 valence electrons. The fourth-order valence-electron chi connectivity index (χ4n) is 1.91. The van der Waals surface area contributed by atoms with Crippen LogP contribution < -0.4 is 10.6 Å². The van der Waals surface area contributed by atoms with Crippen molar-refractivity contribution in [2.75, 3.05) is 17.2 Å². The van der Waals surface area contributed by atoms with Gasteiger partial charge in [-0.15, -0.1) is 0 Å². The zero-order chi connectivity index (χ0) is 14.9. The van der Waals surface area contributed by atoms with Crippen molar-refractivity contribution in [3.8, 4) is 0 Å². The largest absolute Gasteiger partial charge is 0.405 e. The molecule has 0 atom stereocenters. The Bertz CT molecular complexity index is 610. The Morgan fingerprint density at radius 1 is 1.15 bits per heavy atom. The Hall–Kier alpha value is -2.05. The fourth-order valence-corrected chi connectivity index (χ4v) is 1.91. The monoisotopic (exact) mass is 284 g/mol. The molecule has 0 amide bonds. The van der Waals surface area contributed by atoms with Crippen molar-refractivity contribution in [2.45, 2.75) is 26.1 Å². The first kappa shape index (κ1) is 14.4. The van der Waals surface area contributed by atoms with Crippen molar-refractivity contribution >= 4 is 22.7 Å². The number of aromatic nitrogens is 2. The maximum absolute atomic E-state index is 12.7. The fraction of sp³-hybridized carbons (Fsp3) is 0.385. The molecule has 0 unspecified atom stereocenters. The number of hydrogen-bond acceptors (Lipinski definition) is 4. The molecule has 0 fully saturated rings. The normalized spacial score (nSPS) is 12.1. The van der Waals surface area contributed by atoms with Crippen LogP contribution in [0.15, 0.2) is 24.3 Å². The van der Waals surface area contributed by atoms with Gasteiger partial charge in [0.2, 0.25) is 0 Å². The first-order valence-corrected chi connectivity index (χ1v) is 6.13. The minimum absolute atomic E-state index is 0.00153. The number of nitrogens with two attached hydrogens (primary N) is 1. The third-order valence-electron chi connectivity index (χ3n) is 2.82. The Labute approximate surface area is 114 Å². The predicted molar refractivity (Wildman–Crippen MR) is 72.5 cm³/mol. The summed E-state index contributed by atoms with van der Waals surface area (Å²) in [5.41, 5.74) is 6.84. The van der Waals surface area contributed by atoms with Crippen molar-refractivity contribution in [1.82, 2.24) is 9.97 Å². The lowest BCUT2D eigenvalue weighted by atomic mass is 10.2. The van der Waals surface area contributed by atoms with Crippen LogP contribution in [-0.4, -0.2) is 28.7 Å². The van der Waals surface area contributed by atoms with E-state index in [4.69, 9.17) is 5.73 Å². The smallest absolute Gasteiger partial charge is 0.381 e. The van der Waals surface area contributed by atoms with Crippen LogP contribution in [0.3, 0.4) is 0 Å². The molecule has 0 saturated heterocycles. The van der Waals surface area contributed by atoms with E-state index in [1.807, 2.05) is 0 Å². The lowest BCUT2D eigenvalue weighted by Crippen LogP contribution is -2.40. The number of para-hydroxylation sites is 2. The molecule has 0 spiro atoms. The molecule has 0 saturated carbocycles.